The summed E-state index contributed by atoms with van der Waals surface area (Å²) in [5, 5.41) is 0. The third-order valence-corrected chi connectivity index (χ3v) is 5.36. The Kier molecular flexibility index (Phi) is 4.69. The maximum absolute atomic E-state index is 13.2. The predicted molar refractivity (Wildman–Crippen MR) is 106 cm³/mol. The lowest BCUT2D eigenvalue weighted by molar-refractivity contribution is -0.131. The van der Waals surface area contributed by atoms with Gasteiger partial charge in [0.15, 0.2) is 0 Å². The van der Waals surface area contributed by atoms with Crippen molar-refractivity contribution in [1.82, 2.24) is 9.30 Å². The molecule has 142 valence electrons. The molecule has 3 heterocycles. The van der Waals surface area contributed by atoms with E-state index in [1.54, 1.807) is 10.6 Å². The number of aromatic nitrogens is 1. The molecule has 0 spiro atoms. The number of nitrogens with zero attached hydrogens (tertiary/aromatic N) is 2. The maximum atomic E-state index is 13.2. The van der Waals surface area contributed by atoms with E-state index in [2.05, 4.69) is 0 Å². The van der Waals surface area contributed by atoms with Crippen LogP contribution in [0.25, 0.3) is 16.6 Å². The predicted octanol–water partition coefficient (Wildman–Crippen LogP) is 2.51. The van der Waals surface area contributed by atoms with Crippen LogP contribution in [0.3, 0.4) is 0 Å². The molecule has 3 aromatic rings. The van der Waals surface area contributed by atoms with Crippen molar-refractivity contribution in [2.24, 2.45) is 11.7 Å². The molecule has 1 fully saturated rings. The summed E-state index contributed by atoms with van der Waals surface area (Å²) in [4.78, 5) is 39.0. The van der Waals surface area contributed by atoms with Gasteiger partial charge in [0.25, 0.3) is 11.7 Å². The zero-order valence-corrected chi connectivity index (χ0v) is 15.4. The molecule has 0 bridgehead atoms. The number of hydrogen-bond donors (Lipinski definition) is 1. The SMILES string of the molecule is NC(=O)C1CCN(C(=O)C(=O)c2c(-c3ccccc3)cc3ccccn23)CC1. The van der Waals surface area contributed by atoms with Crippen molar-refractivity contribution >= 4 is 23.1 Å². The number of carbonyl (C=O) groups is 3. The molecule has 0 saturated carbocycles. The second kappa shape index (κ2) is 7.31. The van der Waals surface area contributed by atoms with E-state index in [9.17, 15) is 14.4 Å². The van der Waals surface area contributed by atoms with Gasteiger partial charge in [0, 0.05) is 36.3 Å². The molecular formula is C22H21N3O3. The van der Waals surface area contributed by atoms with E-state index in [-0.39, 0.29) is 11.8 Å². The molecule has 2 amide bonds. The second-order valence-electron chi connectivity index (χ2n) is 7.07. The lowest BCUT2D eigenvalue weighted by Gasteiger charge is -2.30. The van der Waals surface area contributed by atoms with Gasteiger partial charge in [-0.25, -0.2) is 0 Å². The van der Waals surface area contributed by atoms with E-state index < -0.39 is 11.7 Å². The van der Waals surface area contributed by atoms with E-state index in [4.69, 9.17) is 5.73 Å². The fourth-order valence-corrected chi connectivity index (χ4v) is 3.81. The van der Waals surface area contributed by atoms with E-state index in [0.29, 0.717) is 31.6 Å². The molecular weight excluding hydrogens is 354 g/mol. The van der Waals surface area contributed by atoms with Crippen molar-refractivity contribution in [1.29, 1.82) is 0 Å². The molecule has 1 aliphatic rings. The van der Waals surface area contributed by atoms with Crippen LogP contribution in [0.15, 0.2) is 60.8 Å². The molecule has 1 aliphatic heterocycles. The lowest BCUT2D eigenvalue weighted by Crippen LogP contribution is -2.44. The second-order valence-corrected chi connectivity index (χ2v) is 7.07. The van der Waals surface area contributed by atoms with Crippen LogP contribution in [0, 0.1) is 5.92 Å². The Labute approximate surface area is 162 Å². The van der Waals surface area contributed by atoms with Crippen molar-refractivity contribution in [2.45, 2.75) is 12.8 Å². The molecule has 2 aromatic heterocycles. The summed E-state index contributed by atoms with van der Waals surface area (Å²) in [7, 11) is 0. The Hall–Kier alpha value is -3.41. The Bertz CT molecular complexity index is 1050. The summed E-state index contributed by atoms with van der Waals surface area (Å²) in [5.41, 5.74) is 8.19. The topological polar surface area (TPSA) is 84.9 Å². The number of Topliss-reactive ketones (excluding diaryl/α,β-unsaturated/α-hetero) is 1. The van der Waals surface area contributed by atoms with Gasteiger partial charge >= 0.3 is 0 Å². The first-order valence-electron chi connectivity index (χ1n) is 9.34. The molecule has 1 aromatic carbocycles. The number of ketones is 1. The van der Waals surface area contributed by atoms with Crippen molar-refractivity contribution in [3.8, 4) is 11.1 Å². The van der Waals surface area contributed by atoms with E-state index in [0.717, 1.165) is 16.6 Å². The number of benzene rings is 1. The first-order chi connectivity index (χ1) is 13.6. The van der Waals surface area contributed by atoms with Gasteiger partial charge in [-0.15, -0.1) is 0 Å². The van der Waals surface area contributed by atoms with Gasteiger partial charge in [0.2, 0.25) is 5.91 Å². The van der Waals surface area contributed by atoms with Crippen molar-refractivity contribution in [2.75, 3.05) is 13.1 Å². The van der Waals surface area contributed by atoms with Gasteiger partial charge < -0.3 is 15.0 Å². The fourth-order valence-electron chi connectivity index (χ4n) is 3.81. The van der Waals surface area contributed by atoms with Crippen LogP contribution in [0.1, 0.15) is 23.3 Å². The monoisotopic (exact) mass is 375 g/mol. The van der Waals surface area contributed by atoms with Crippen LogP contribution in [-0.2, 0) is 9.59 Å². The maximum Gasteiger partial charge on any atom is 0.296 e. The standard InChI is InChI=1S/C22H21N3O3/c23-21(27)16-9-12-24(13-10-16)22(28)20(26)19-18(15-6-2-1-3-7-15)14-17-8-4-5-11-25(17)19/h1-8,11,14,16H,9-10,12-13H2,(H2,23,27). The summed E-state index contributed by atoms with van der Waals surface area (Å²) in [5.74, 6) is -1.65. The van der Waals surface area contributed by atoms with E-state index in [1.165, 1.54) is 4.90 Å². The molecule has 0 unspecified atom stereocenters. The van der Waals surface area contributed by atoms with Crippen LogP contribution in [-0.4, -0.2) is 40.0 Å². The number of amides is 2. The van der Waals surface area contributed by atoms with Crippen molar-refractivity contribution in [3.05, 3.63) is 66.5 Å². The number of carbonyl (C=O) groups excluding carboxylic acids is 3. The average molecular weight is 375 g/mol. The lowest BCUT2D eigenvalue weighted by atomic mass is 9.95. The van der Waals surface area contributed by atoms with Gasteiger partial charge in [-0.1, -0.05) is 36.4 Å². The highest BCUT2D eigenvalue weighted by Gasteiger charge is 2.32. The molecule has 6 heteroatoms. The third-order valence-electron chi connectivity index (χ3n) is 5.36. The van der Waals surface area contributed by atoms with Crippen LogP contribution in [0.2, 0.25) is 0 Å². The number of primary amides is 1. The normalized spacial score (nSPS) is 14.9. The molecule has 6 nitrogen and oxygen atoms in total. The number of pyridine rings is 1. The van der Waals surface area contributed by atoms with E-state index in [1.807, 2.05) is 54.6 Å². The highest BCUT2D eigenvalue weighted by atomic mass is 16.2. The number of piperidine rings is 1. The van der Waals surface area contributed by atoms with Crippen LogP contribution in [0.5, 0.6) is 0 Å². The molecule has 0 atom stereocenters. The van der Waals surface area contributed by atoms with Crippen LogP contribution in [0.4, 0.5) is 0 Å². The highest BCUT2D eigenvalue weighted by Crippen LogP contribution is 2.29. The highest BCUT2D eigenvalue weighted by molar-refractivity contribution is 6.43. The van der Waals surface area contributed by atoms with Gasteiger partial charge in [0.05, 0.1) is 0 Å². The molecule has 0 aliphatic carbocycles. The summed E-state index contributed by atoms with van der Waals surface area (Å²) in [6.45, 7) is 0.727. The summed E-state index contributed by atoms with van der Waals surface area (Å²) < 4.78 is 1.76. The number of hydrogen-bond acceptors (Lipinski definition) is 3. The van der Waals surface area contributed by atoms with Gasteiger partial charge in [0.1, 0.15) is 5.69 Å². The first kappa shape index (κ1) is 18.0. The van der Waals surface area contributed by atoms with Gasteiger partial charge in [-0.05, 0) is 36.6 Å². The third kappa shape index (κ3) is 3.17. The number of likely N-dealkylation sites (tertiary alicyclic amines) is 1. The Morgan fingerprint density at radius 1 is 0.929 bits per heavy atom. The van der Waals surface area contributed by atoms with Gasteiger partial charge in [-0.2, -0.15) is 0 Å². The van der Waals surface area contributed by atoms with E-state index >= 15 is 0 Å². The quantitative estimate of drug-likeness (QED) is 0.562. The minimum absolute atomic E-state index is 0.229. The number of fused-ring (bicyclic) bond motifs is 1. The van der Waals surface area contributed by atoms with Crippen molar-refractivity contribution < 1.29 is 14.4 Å². The average Bonchev–Trinajstić information content (AvgIpc) is 3.13. The van der Waals surface area contributed by atoms with Gasteiger partial charge in [-0.3, -0.25) is 14.4 Å². The summed E-state index contributed by atoms with van der Waals surface area (Å²) in [6.07, 6.45) is 2.78. The Morgan fingerprint density at radius 3 is 2.29 bits per heavy atom. The molecule has 4 rings (SSSR count). The summed E-state index contributed by atoms with van der Waals surface area (Å²) >= 11 is 0. The number of rotatable bonds is 4. The smallest absolute Gasteiger partial charge is 0.296 e. The van der Waals surface area contributed by atoms with Crippen LogP contribution < -0.4 is 5.73 Å². The minimum Gasteiger partial charge on any atom is -0.369 e. The molecule has 2 N–H and O–H groups in total. The van der Waals surface area contributed by atoms with Crippen LogP contribution >= 0.6 is 0 Å². The fraction of sp³-hybridized carbons (Fsp3) is 0.227. The first-order valence-corrected chi connectivity index (χ1v) is 9.34. The minimum atomic E-state index is -0.539. The molecule has 0 radical (unpaired) electrons. The molecule has 1 saturated heterocycles. The van der Waals surface area contributed by atoms with Crippen molar-refractivity contribution in [3.63, 3.8) is 0 Å². The zero-order valence-electron chi connectivity index (χ0n) is 15.4. The Morgan fingerprint density at radius 2 is 1.61 bits per heavy atom. The zero-order chi connectivity index (χ0) is 19.7. The largest absolute Gasteiger partial charge is 0.369 e. The summed E-state index contributed by atoms with van der Waals surface area (Å²) in [6, 6.07) is 17.1. The molecule has 28 heavy (non-hydrogen) atoms. The Balaban J connectivity index is 1.69. The number of nitrogens with two attached hydrogens (primary N) is 1.